The third-order valence-corrected chi connectivity index (χ3v) is 3.70. The maximum atomic E-state index is 11.9. The summed E-state index contributed by atoms with van der Waals surface area (Å²) in [6.07, 6.45) is 2.18. The van der Waals surface area contributed by atoms with E-state index in [0.717, 1.165) is 17.1 Å². The minimum Gasteiger partial charge on any atom is -0.350 e. The summed E-state index contributed by atoms with van der Waals surface area (Å²) in [6, 6.07) is 0. The average molecular weight is 285 g/mol. The fourth-order valence-corrected chi connectivity index (χ4v) is 2.58. The van der Waals surface area contributed by atoms with Crippen LogP contribution in [0.4, 0.5) is 0 Å². The van der Waals surface area contributed by atoms with Gasteiger partial charge in [0.05, 0.1) is 16.2 Å². The molecule has 18 heavy (non-hydrogen) atoms. The molecule has 5 nitrogen and oxygen atoms in total. The number of hydrogen-bond acceptors (Lipinski definition) is 4. The van der Waals surface area contributed by atoms with E-state index in [1.165, 1.54) is 10.9 Å². The van der Waals surface area contributed by atoms with E-state index in [1.54, 1.807) is 18.4 Å². The fourth-order valence-electron chi connectivity index (χ4n) is 1.55. The molecule has 0 aliphatic heterocycles. The Bertz CT molecular complexity index is 544. The lowest BCUT2D eigenvalue weighted by molar-refractivity contribution is 0.0945. The van der Waals surface area contributed by atoms with Gasteiger partial charge in [0.1, 0.15) is 5.69 Å². The molecule has 0 aliphatic carbocycles. The molecular weight excluding hydrogens is 272 g/mol. The molecule has 0 fully saturated rings. The van der Waals surface area contributed by atoms with Crippen molar-refractivity contribution in [3.63, 3.8) is 0 Å². The zero-order chi connectivity index (χ0) is 13.1. The van der Waals surface area contributed by atoms with Gasteiger partial charge in [-0.05, 0) is 6.92 Å². The Labute approximate surface area is 114 Å². The highest BCUT2D eigenvalue weighted by Crippen LogP contribution is 2.13. The Hall–Kier alpha value is -1.40. The molecule has 7 heteroatoms. The SMILES string of the molecule is Cc1csc(CCNC(=O)c2c(Cl)cnn2C)n1. The van der Waals surface area contributed by atoms with Crippen LogP contribution in [-0.2, 0) is 13.5 Å². The first-order valence-corrected chi connectivity index (χ1v) is 6.70. The molecule has 0 atom stereocenters. The maximum absolute atomic E-state index is 11.9. The second-order valence-electron chi connectivity index (χ2n) is 3.85. The standard InChI is InChI=1S/C11H13ClN4OS/c1-7-6-18-9(15-7)3-4-13-11(17)10-8(12)5-14-16(10)2/h5-6H,3-4H2,1-2H3,(H,13,17). The molecule has 0 spiro atoms. The minimum atomic E-state index is -0.215. The van der Waals surface area contributed by atoms with Gasteiger partial charge >= 0.3 is 0 Å². The van der Waals surface area contributed by atoms with Gasteiger partial charge in [-0.1, -0.05) is 11.6 Å². The average Bonchev–Trinajstić information content (AvgIpc) is 2.86. The van der Waals surface area contributed by atoms with Gasteiger partial charge in [-0.3, -0.25) is 9.48 Å². The Morgan fingerprint density at radius 1 is 1.61 bits per heavy atom. The molecule has 0 saturated carbocycles. The molecule has 0 unspecified atom stereocenters. The highest BCUT2D eigenvalue weighted by molar-refractivity contribution is 7.09. The number of amides is 1. The van der Waals surface area contributed by atoms with E-state index in [1.807, 2.05) is 12.3 Å². The molecule has 1 N–H and O–H groups in total. The molecule has 0 aliphatic rings. The number of rotatable bonds is 4. The number of aromatic nitrogens is 3. The van der Waals surface area contributed by atoms with Crippen molar-refractivity contribution in [3.05, 3.63) is 33.0 Å². The van der Waals surface area contributed by atoms with Gasteiger partial charge in [0, 0.05) is 31.1 Å². The van der Waals surface area contributed by atoms with Crippen LogP contribution < -0.4 is 5.32 Å². The molecule has 0 radical (unpaired) electrons. The zero-order valence-corrected chi connectivity index (χ0v) is 11.7. The second kappa shape index (κ2) is 5.49. The van der Waals surface area contributed by atoms with Gasteiger partial charge in [-0.2, -0.15) is 5.10 Å². The molecule has 0 aromatic carbocycles. The third-order valence-electron chi connectivity index (χ3n) is 2.40. The van der Waals surface area contributed by atoms with E-state index < -0.39 is 0 Å². The Balaban J connectivity index is 1.89. The first kappa shape index (κ1) is 13.0. The highest BCUT2D eigenvalue weighted by Gasteiger charge is 2.14. The molecule has 2 aromatic heterocycles. The summed E-state index contributed by atoms with van der Waals surface area (Å²) in [7, 11) is 1.69. The summed E-state index contributed by atoms with van der Waals surface area (Å²) in [5.74, 6) is -0.215. The van der Waals surface area contributed by atoms with Crippen molar-refractivity contribution in [2.75, 3.05) is 6.54 Å². The number of carbonyl (C=O) groups is 1. The van der Waals surface area contributed by atoms with Crippen LogP contribution in [0, 0.1) is 6.92 Å². The number of carbonyl (C=O) groups excluding carboxylic acids is 1. The smallest absolute Gasteiger partial charge is 0.271 e. The van der Waals surface area contributed by atoms with E-state index in [0.29, 0.717) is 17.3 Å². The molecular formula is C11H13ClN4OS. The lowest BCUT2D eigenvalue weighted by atomic mass is 10.3. The van der Waals surface area contributed by atoms with Crippen molar-refractivity contribution in [2.45, 2.75) is 13.3 Å². The van der Waals surface area contributed by atoms with Crippen molar-refractivity contribution in [2.24, 2.45) is 7.05 Å². The molecule has 2 heterocycles. The number of aryl methyl sites for hydroxylation is 2. The van der Waals surface area contributed by atoms with Gasteiger partial charge in [-0.15, -0.1) is 11.3 Å². The van der Waals surface area contributed by atoms with E-state index in [-0.39, 0.29) is 5.91 Å². The lowest BCUT2D eigenvalue weighted by Gasteiger charge is -2.04. The van der Waals surface area contributed by atoms with Gasteiger partial charge < -0.3 is 5.32 Å². The normalized spacial score (nSPS) is 10.6. The van der Waals surface area contributed by atoms with Crippen molar-refractivity contribution in [1.82, 2.24) is 20.1 Å². The zero-order valence-electron chi connectivity index (χ0n) is 10.1. The van der Waals surface area contributed by atoms with Crippen LogP contribution in [-0.4, -0.2) is 27.2 Å². The van der Waals surface area contributed by atoms with Gasteiger partial charge in [0.25, 0.3) is 5.91 Å². The molecule has 2 rings (SSSR count). The van der Waals surface area contributed by atoms with Crippen LogP contribution >= 0.6 is 22.9 Å². The molecule has 0 bridgehead atoms. The summed E-state index contributed by atoms with van der Waals surface area (Å²) < 4.78 is 1.46. The van der Waals surface area contributed by atoms with Crippen LogP contribution in [0.25, 0.3) is 0 Å². The topological polar surface area (TPSA) is 59.8 Å². The van der Waals surface area contributed by atoms with Gasteiger partial charge in [0.2, 0.25) is 0 Å². The molecule has 1 amide bonds. The van der Waals surface area contributed by atoms with Gasteiger partial charge in [0.15, 0.2) is 0 Å². The quantitative estimate of drug-likeness (QED) is 0.931. The van der Waals surface area contributed by atoms with Crippen LogP contribution in [0.5, 0.6) is 0 Å². The van der Waals surface area contributed by atoms with E-state index in [9.17, 15) is 4.79 Å². The fraction of sp³-hybridized carbons (Fsp3) is 0.364. The van der Waals surface area contributed by atoms with Crippen molar-refractivity contribution >= 4 is 28.8 Å². The molecule has 2 aromatic rings. The number of nitrogens with one attached hydrogen (secondary N) is 1. The summed E-state index contributed by atoms with van der Waals surface area (Å²) in [5, 5.41) is 10.1. The maximum Gasteiger partial charge on any atom is 0.271 e. The number of thiazole rings is 1. The van der Waals surface area contributed by atoms with Crippen LogP contribution in [0.15, 0.2) is 11.6 Å². The Morgan fingerprint density at radius 2 is 2.39 bits per heavy atom. The minimum absolute atomic E-state index is 0.215. The van der Waals surface area contributed by atoms with Crippen molar-refractivity contribution < 1.29 is 4.79 Å². The molecule has 0 saturated heterocycles. The van der Waals surface area contributed by atoms with E-state index in [4.69, 9.17) is 11.6 Å². The summed E-state index contributed by atoms with van der Waals surface area (Å²) in [4.78, 5) is 16.2. The van der Waals surface area contributed by atoms with Crippen molar-refractivity contribution in [3.8, 4) is 0 Å². The van der Waals surface area contributed by atoms with Crippen LogP contribution in [0.3, 0.4) is 0 Å². The summed E-state index contributed by atoms with van der Waals surface area (Å²) in [5.41, 5.74) is 1.39. The van der Waals surface area contributed by atoms with E-state index >= 15 is 0 Å². The summed E-state index contributed by atoms with van der Waals surface area (Å²) >= 11 is 7.48. The number of hydrogen-bond donors (Lipinski definition) is 1. The lowest BCUT2D eigenvalue weighted by Crippen LogP contribution is -2.27. The van der Waals surface area contributed by atoms with Crippen molar-refractivity contribution in [1.29, 1.82) is 0 Å². The van der Waals surface area contributed by atoms with Gasteiger partial charge in [-0.25, -0.2) is 4.98 Å². The predicted octanol–water partition coefficient (Wildman–Crippen LogP) is 1.81. The third kappa shape index (κ3) is 2.88. The number of nitrogens with zero attached hydrogens (tertiary/aromatic N) is 3. The predicted molar refractivity (Wildman–Crippen MR) is 71.1 cm³/mol. The molecule has 96 valence electrons. The second-order valence-corrected chi connectivity index (χ2v) is 5.20. The first-order valence-electron chi connectivity index (χ1n) is 5.44. The van der Waals surface area contributed by atoms with E-state index in [2.05, 4.69) is 15.4 Å². The highest BCUT2D eigenvalue weighted by atomic mass is 35.5. The van der Waals surface area contributed by atoms with Crippen LogP contribution in [0.2, 0.25) is 5.02 Å². The first-order chi connectivity index (χ1) is 8.58. The summed E-state index contributed by atoms with van der Waals surface area (Å²) in [6.45, 7) is 2.49. The number of halogens is 1. The largest absolute Gasteiger partial charge is 0.350 e. The monoisotopic (exact) mass is 284 g/mol. The Morgan fingerprint density at radius 3 is 2.94 bits per heavy atom. The Kier molecular flexibility index (Phi) is 3.98. The van der Waals surface area contributed by atoms with Crippen LogP contribution in [0.1, 0.15) is 21.2 Å².